The smallest absolute Gasteiger partial charge is 0.228 e. The van der Waals surface area contributed by atoms with Crippen LogP contribution in [0.15, 0.2) is 18.5 Å². The number of rotatable bonds is 0. The number of aromatic nitrogens is 2. The van der Waals surface area contributed by atoms with Crippen LogP contribution < -0.4 is 5.32 Å². The summed E-state index contributed by atoms with van der Waals surface area (Å²) < 4.78 is 0.957. The number of anilines is 1. The lowest BCUT2D eigenvalue weighted by Gasteiger charge is -1.98. The van der Waals surface area contributed by atoms with E-state index in [1.165, 1.54) is 6.33 Å². The number of hydrogen-bond acceptors (Lipinski definition) is 3. The first kappa shape index (κ1) is 7.37. The second-order valence-electron chi connectivity index (χ2n) is 3.31. The molecule has 0 spiro atoms. The summed E-state index contributed by atoms with van der Waals surface area (Å²) in [5, 5.41) is 12.1. The first-order chi connectivity index (χ1) is 6.74. The molecule has 5 nitrogen and oxygen atoms in total. The minimum Gasteiger partial charge on any atom is -0.427 e. The Labute approximate surface area is 78.9 Å². The number of imidazole rings is 1. The Balaban J connectivity index is 2.33. The summed E-state index contributed by atoms with van der Waals surface area (Å²) in [6.07, 6.45) is 1.71. The largest absolute Gasteiger partial charge is 0.427 e. The Morgan fingerprint density at radius 2 is 2.36 bits per heavy atom. The van der Waals surface area contributed by atoms with Crippen molar-refractivity contribution in [3.05, 3.63) is 24.0 Å². The molecule has 5 heteroatoms. The zero-order valence-electron chi connectivity index (χ0n) is 7.19. The van der Waals surface area contributed by atoms with Gasteiger partial charge in [-0.05, 0) is 17.7 Å². The predicted molar refractivity (Wildman–Crippen MR) is 49.3 cm³/mol. The SMILES string of the molecule is O=C1Cc2cc3c(cc2N1)ncn3O. The summed E-state index contributed by atoms with van der Waals surface area (Å²) in [6.45, 7) is 0. The van der Waals surface area contributed by atoms with Crippen molar-refractivity contribution in [3.8, 4) is 0 Å². The van der Waals surface area contributed by atoms with Crippen molar-refractivity contribution >= 4 is 22.6 Å². The Morgan fingerprint density at radius 3 is 3.21 bits per heavy atom. The first-order valence-electron chi connectivity index (χ1n) is 4.23. The molecule has 0 unspecified atom stereocenters. The molecule has 0 radical (unpaired) electrons. The van der Waals surface area contributed by atoms with Crippen LogP contribution in [0.3, 0.4) is 0 Å². The van der Waals surface area contributed by atoms with Crippen molar-refractivity contribution in [3.63, 3.8) is 0 Å². The van der Waals surface area contributed by atoms with E-state index < -0.39 is 0 Å². The van der Waals surface area contributed by atoms with Crippen molar-refractivity contribution in [1.29, 1.82) is 0 Å². The molecular weight excluding hydrogens is 182 g/mol. The summed E-state index contributed by atoms with van der Waals surface area (Å²) in [7, 11) is 0. The normalized spacial score (nSPS) is 14.4. The molecule has 70 valence electrons. The van der Waals surface area contributed by atoms with E-state index in [1.54, 1.807) is 12.1 Å². The molecule has 1 aromatic carbocycles. The summed E-state index contributed by atoms with van der Waals surface area (Å²) in [5.74, 6) is -0.0165. The predicted octanol–water partition coefficient (Wildman–Crippen LogP) is 0.768. The first-order valence-corrected chi connectivity index (χ1v) is 4.23. The highest BCUT2D eigenvalue weighted by molar-refractivity contribution is 6.01. The van der Waals surface area contributed by atoms with Gasteiger partial charge in [-0.1, -0.05) is 0 Å². The topological polar surface area (TPSA) is 67.2 Å². The molecule has 0 aliphatic carbocycles. The van der Waals surface area contributed by atoms with Gasteiger partial charge < -0.3 is 10.5 Å². The van der Waals surface area contributed by atoms with Crippen LogP contribution in [0, 0.1) is 0 Å². The molecule has 0 saturated heterocycles. The summed E-state index contributed by atoms with van der Waals surface area (Å²) >= 11 is 0. The minimum atomic E-state index is -0.0165. The van der Waals surface area contributed by atoms with Crippen LogP contribution in [0.2, 0.25) is 0 Å². The molecule has 14 heavy (non-hydrogen) atoms. The van der Waals surface area contributed by atoms with Crippen LogP contribution in [0.1, 0.15) is 5.56 Å². The summed E-state index contributed by atoms with van der Waals surface area (Å²) in [5.41, 5.74) is 2.99. The zero-order valence-corrected chi connectivity index (χ0v) is 7.19. The molecule has 2 heterocycles. The van der Waals surface area contributed by atoms with E-state index in [2.05, 4.69) is 10.3 Å². The monoisotopic (exact) mass is 189 g/mol. The van der Waals surface area contributed by atoms with Gasteiger partial charge in [0.05, 0.1) is 11.9 Å². The second-order valence-corrected chi connectivity index (χ2v) is 3.31. The molecule has 2 N–H and O–H groups in total. The highest BCUT2D eigenvalue weighted by Gasteiger charge is 2.19. The van der Waals surface area contributed by atoms with Crippen LogP contribution in [-0.2, 0) is 11.2 Å². The highest BCUT2D eigenvalue weighted by atomic mass is 16.5. The van der Waals surface area contributed by atoms with E-state index in [1.807, 2.05) is 0 Å². The van der Waals surface area contributed by atoms with E-state index in [4.69, 9.17) is 0 Å². The maximum Gasteiger partial charge on any atom is 0.228 e. The Kier molecular flexibility index (Phi) is 1.19. The third-order valence-electron chi connectivity index (χ3n) is 2.38. The van der Waals surface area contributed by atoms with Crippen LogP contribution in [0.5, 0.6) is 0 Å². The molecule has 3 rings (SSSR count). The number of nitrogens with zero attached hydrogens (tertiary/aromatic N) is 2. The van der Waals surface area contributed by atoms with E-state index in [9.17, 15) is 10.0 Å². The second kappa shape index (κ2) is 2.25. The van der Waals surface area contributed by atoms with Crippen molar-refractivity contribution < 1.29 is 10.0 Å². The highest BCUT2D eigenvalue weighted by Crippen LogP contribution is 2.27. The van der Waals surface area contributed by atoms with Gasteiger partial charge in [0, 0.05) is 5.69 Å². The molecule has 1 aromatic heterocycles. The molecule has 0 fully saturated rings. The zero-order chi connectivity index (χ0) is 9.71. The van der Waals surface area contributed by atoms with Crippen molar-refractivity contribution in [1.82, 2.24) is 9.71 Å². The summed E-state index contributed by atoms with van der Waals surface area (Å²) in [4.78, 5) is 15.1. The molecule has 0 saturated carbocycles. The molecule has 2 aromatic rings. The van der Waals surface area contributed by atoms with Gasteiger partial charge in [-0.2, -0.15) is 4.73 Å². The number of hydrogen-bond donors (Lipinski definition) is 2. The van der Waals surface area contributed by atoms with Gasteiger partial charge in [0.1, 0.15) is 11.8 Å². The number of amides is 1. The Hall–Kier alpha value is -2.04. The molecular formula is C9H7N3O2. The standard InChI is InChI=1S/C9H7N3O2/c13-9-2-5-1-8-7(3-6(5)11-9)10-4-12(8)14/h1,3-4,14H,2H2,(H,11,13). The van der Waals surface area contributed by atoms with E-state index in [0.29, 0.717) is 17.5 Å². The number of nitrogens with one attached hydrogen (secondary N) is 1. The number of benzene rings is 1. The van der Waals surface area contributed by atoms with Crippen molar-refractivity contribution in [2.75, 3.05) is 5.32 Å². The average molecular weight is 189 g/mol. The average Bonchev–Trinajstić information content (AvgIpc) is 2.66. The van der Waals surface area contributed by atoms with Gasteiger partial charge in [-0.15, -0.1) is 0 Å². The fraction of sp³-hybridized carbons (Fsp3) is 0.111. The Morgan fingerprint density at radius 1 is 1.50 bits per heavy atom. The van der Waals surface area contributed by atoms with Crippen molar-refractivity contribution in [2.24, 2.45) is 0 Å². The van der Waals surface area contributed by atoms with Crippen LogP contribution in [-0.4, -0.2) is 20.8 Å². The maximum atomic E-state index is 11.1. The lowest BCUT2D eigenvalue weighted by molar-refractivity contribution is -0.115. The number of fused-ring (bicyclic) bond motifs is 2. The molecule has 0 atom stereocenters. The van der Waals surface area contributed by atoms with Crippen molar-refractivity contribution in [2.45, 2.75) is 6.42 Å². The number of carbonyl (C=O) groups excluding carboxylic acids is 1. The van der Waals surface area contributed by atoms with E-state index in [0.717, 1.165) is 16.0 Å². The molecule has 1 amide bonds. The van der Waals surface area contributed by atoms with E-state index >= 15 is 0 Å². The fourth-order valence-corrected chi connectivity index (χ4v) is 1.72. The quantitative estimate of drug-likeness (QED) is 0.601. The lowest BCUT2D eigenvalue weighted by Crippen LogP contribution is -2.03. The van der Waals surface area contributed by atoms with Crippen LogP contribution in [0.4, 0.5) is 5.69 Å². The van der Waals surface area contributed by atoms with Gasteiger partial charge >= 0.3 is 0 Å². The van der Waals surface area contributed by atoms with Gasteiger partial charge in [0.2, 0.25) is 5.91 Å². The fourth-order valence-electron chi connectivity index (χ4n) is 1.72. The van der Waals surface area contributed by atoms with Gasteiger partial charge in [0.15, 0.2) is 0 Å². The minimum absolute atomic E-state index is 0.0165. The third-order valence-corrected chi connectivity index (χ3v) is 2.38. The lowest BCUT2D eigenvalue weighted by atomic mass is 10.1. The molecule has 1 aliphatic heterocycles. The van der Waals surface area contributed by atoms with Gasteiger partial charge in [-0.25, -0.2) is 4.98 Å². The number of carbonyl (C=O) groups is 1. The maximum absolute atomic E-state index is 11.1. The summed E-state index contributed by atoms with van der Waals surface area (Å²) in [6, 6.07) is 3.54. The van der Waals surface area contributed by atoms with Crippen LogP contribution in [0.25, 0.3) is 11.0 Å². The van der Waals surface area contributed by atoms with Crippen LogP contribution >= 0.6 is 0 Å². The Bertz CT molecular complexity index is 544. The molecule has 1 aliphatic rings. The van der Waals surface area contributed by atoms with Gasteiger partial charge in [0.25, 0.3) is 0 Å². The van der Waals surface area contributed by atoms with E-state index in [-0.39, 0.29) is 5.91 Å². The third kappa shape index (κ3) is 0.834. The van der Waals surface area contributed by atoms with Gasteiger partial charge in [-0.3, -0.25) is 4.79 Å². The molecule has 0 bridgehead atoms.